The molecular weight excluding hydrogens is 262 g/mol. The lowest BCUT2D eigenvalue weighted by molar-refractivity contribution is 0.603. The van der Waals surface area contributed by atoms with E-state index in [2.05, 4.69) is 15.4 Å². The van der Waals surface area contributed by atoms with Crippen LogP contribution in [0.1, 0.15) is 12.8 Å². The topological polar surface area (TPSA) is 53.0 Å². The maximum Gasteiger partial charge on any atom is 0.251 e. The molecule has 102 valence electrons. The summed E-state index contributed by atoms with van der Waals surface area (Å²) < 4.78 is 27.1. The molecule has 1 aromatic carbocycles. The molecule has 3 rings (SSSR count). The lowest BCUT2D eigenvalue weighted by Crippen LogP contribution is -2.53. The summed E-state index contributed by atoms with van der Waals surface area (Å²) in [5.41, 5.74) is 1.87. The van der Waals surface area contributed by atoms with E-state index in [1.54, 1.807) is 0 Å². The molecule has 1 saturated carbocycles. The van der Waals surface area contributed by atoms with Crippen LogP contribution in [0, 0.1) is 0 Å². The fourth-order valence-corrected chi connectivity index (χ4v) is 3.43. The van der Waals surface area contributed by atoms with Gasteiger partial charge in [0.25, 0.3) is 10.0 Å². The third-order valence-electron chi connectivity index (χ3n) is 3.96. The summed E-state index contributed by atoms with van der Waals surface area (Å²) in [6.07, 6.45) is 3.03. The van der Waals surface area contributed by atoms with E-state index >= 15 is 0 Å². The standard InChI is InChI=1S/C13H17N3O2S/c1-15-10-6-4-5-7-11(10)16(2)13(8-9-13)12(15)14-19(3,17)18/h4-7H,8-9H2,1-3H3/b14-12-. The van der Waals surface area contributed by atoms with E-state index in [9.17, 15) is 8.42 Å². The number of anilines is 2. The predicted octanol–water partition coefficient (Wildman–Crippen LogP) is 1.46. The van der Waals surface area contributed by atoms with Gasteiger partial charge in [-0.15, -0.1) is 4.40 Å². The Balaban J connectivity index is 2.21. The molecule has 0 aromatic heterocycles. The van der Waals surface area contributed by atoms with E-state index in [4.69, 9.17) is 0 Å². The molecule has 1 fully saturated rings. The van der Waals surface area contributed by atoms with Gasteiger partial charge in [0, 0.05) is 14.1 Å². The number of hydrogen-bond donors (Lipinski definition) is 0. The molecule has 0 amide bonds. The highest BCUT2D eigenvalue weighted by Crippen LogP contribution is 2.51. The summed E-state index contributed by atoms with van der Waals surface area (Å²) in [5, 5.41) is 0. The van der Waals surface area contributed by atoms with Crippen LogP contribution in [-0.4, -0.2) is 40.1 Å². The Hall–Kier alpha value is -1.56. The minimum Gasteiger partial charge on any atom is -0.360 e. The zero-order valence-electron chi connectivity index (χ0n) is 11.3. The third-order valence-corrected chi connectivity index (χ3v) is 4.46. The van der Waals surface area contributed by atoms with Gasteiger partial charge in [-0.3, -0.25) is 0 Å². The van der Waals surface area contributed by atoms with E-state index in [1.165, 1.54) is 0 Å². The average Bonchev–Trinajstić information content (AvgIpc) is 3.13. The number of fused-ring (bicyclic) bond motifs is 1. The molecule has 5 nitrogen and oxygen atoms in total. The summed E-state index contributed by atoms with van der Waals surface area (Å²) in [7, 11) is 0.501. The molecule has 0 saturated heterocycles. The fourth-order valence-electron chi connectivity index (χ4n) is 2.82. The van der Waals surface area contributed by atoms with E-state index < -0.39 is 10.0 Å². The molecule has 0 atom stereocenters. The highest BCUT2D eigenvalue weighted by Gasteiger charge is 2.56. The molecule has 6 heteroatoms. The number of nitrogens with zero attached hydrogens (tertiary/aromatic N) is 3. The average molecular weight is 279 g/mol. The number of sulfonamides is 1. The molecule has 1 aliphatic carbocycles. The van der Waals surface area contributed by atoms with Gasteiger partial charge >= 0.3 is 0 Å². The molecule has 19 heavy (non-hydrogen) atoms. The second-order valence-electron chi connectivity index (χ2n) is 5.29. The summed E-state index contributed by atoms with van der Waals surface area (Å²) in [5.74, 6) is 0.635. The maximum atomic E-state index is 11.5. The van der Waals surface area contributed by atoms with Crippen molar-refractivity contribution in [2.24, 2.45) is 4.40 Å². The van der Waals surface area contributed by atoms with Crippen molar-refractivity contribution in [3.8, 4) is 0 Å². The van der Waals surface area contributed by atoms with Gasteiger partial charge in [-0.1, -0.05) is 12.1 Å². The first-order valence-electron chi connectivity index (χ1n) is 6.22. The van der Waals surface area contributed by atoms with Crippen LogP contribution >= 0.6 is 0 Å². The molecule has 0 bridgehead atoms. The van der Waals surface area contributed by atoms with Crippen molar-refractivity contribution in [3.63, 3.8) is 0 Å². The SMILES string of the molecule is CN1/C(=N\S(C)(=O)=O)C2(CC2)N(C)c2ccccc21. The van der Waals surface area contributed by atoms with E-state index in [-0.39, 0.29) is 5.54 Å². The first-order valence-corrected chi connectivity index (χ1v) is 8.07. The Morgan fingerprint density at radius 3 is 2.26 bits per heavy atom. The highest BCUT2D eigenvalue weighted by atomic mass is 32.2. The second kappa shape index (κ2) is 3.72. The monoisotopic (exact) mass is 279 g/mol. The zero-order valence-corrected chi connectivity index (χ0v) is 12.1. The second-order valence-corrected chi connectivity index (χ2v) is 6.93. The van der Waals surface area contributed by atoms with Crippen molar-refractivity contribution in [1.82, 2.24) is 0 Å². The molecule has 1 heterocycles. The third kappa shape index (κ3) is 1.82. The van der Waals surface area contributed by atoms with Gasteiger partial charge in [-0.05, 0) is 25.0 Å². The van der Waals surface area contributed by atoms with Crippen LogP contribution in [0.5, 0.6) is 0 Å². The lowest BCUT2D eigenvalue weighted by Gasteiger charge is -2.42. The number of para-hydroxylation sites is 2. The van der Waals surface area contributed by atoms with Crippen molar-refractivity contribution < 1.29 is 8.42 Å². The van der Waals surface area contributed by atoms with Crippen LogP contribution < -0.4 is 9.80 Å². The molecule has 2 aliphatic rings. The van der Waals surface area contributed by atoms with Crippen molar-refractivity contribution in [2.75, 3.05) is 30.2 Å². The lowest BCUT2D eigenvalue weighted by atomic mass is 10.1. The minimum absolute atomic E-state index is 0.244. The summed E-state index contributed by atoms with van der Waals surface area (Å²) in [6, 6.07) is 7.99. The van der Waals surface area contributed by atoms with E-state index in [0.717, 1.165) is 30.5 Å². The Labute approximate surface area is 113 Å². The van der Waals surface area contributed by atoms with Crippen LogP contribution in [-0.2, 0) is 10.0 Å². The molecule has 1 aromatic rings. The van der Waals surface area contributed by atoms with Crippen LogP contribution in [0.25, 0.3) is 0 Å². The largest absolute Gasteiger partial charge is 0.360 e. The number of amidine groups is 1. The van der Waals surface area contributed by atoms with Crippen molar-refractivity contribution in [2.45, 2.75) is 18.4 Å². The molecule has 1 aliphatic heterocycles. The van der Waals surface area contributed by atoms with Gasteiger partial charge in [-0.25, -0.2) is 8.42 Å². The van der Waals surface area contributed by atoms with Gasteiger partial charge < -0.3 is 9.80 Å². The summed E-state index contributed by atoms with van der Waals surface area (Å²) in [4.78, 5) is 4.07. The first kappa shape index (κ1) is 12.5. The van der Waals surface area contributed by atoms with Crippen LogP contribution in [0.2, 0.25) is 0 Å². The van der Waals surface area contributed by atoms with E-state index in [1.807, 2.05) is 37.2 Å². The number of likely N-dealkylation sites (N-methyl/N-ethyl adjacent to an activating group) is 2. The van der Waals surface area contributed by atoms with Crippen LogP contribution in [0.15, 0.2) is 28.7 Å². The summed E-state index contributed by atoms with van der Waals surface area (Å²) >= 11 is 0. The Morgan fingerprint density at radius 1 is 1.16 bits per heavy atom. The van der Waals surface area contributed by atoms with Gasteiger partial charge in [0.05, 0.1) is 23.2 Å². The first-order chi connectivity index (χ1) is 8.85. The van der Waals surface area contributed by atoms with Crippen LogP contribution in [0.3, 0.4) is 0 Å². The van der Waals surface area contributed by atoms with Crippen LogP contribution in [0.4, 0.5) is 11.4 Å². The highest BCUT2D eigenvalue weighted by molar-refractivity contribution is 7.89. The molecule has 0 unspecified atom stereocenters. The van der Waals surface area contributed by atoms with Gasteiger partial charge in [0.1, 0.15) is 5.84 Å². The number of rotatable bonds is 1. The van der Waals surface area contributed by atoms with E-state index in [0.29, 0.717) is 5.84 Å². The van der Waals surface area contributed by atoms with Crippen molar-refractivity contribution >= 4 is 27.2 Å². The van der Waals surface area contributed by atoms with Gasteiger partial charge in [0.2, 0.25) is 0 Å². The predicted molar refractivity (Wildman–Crippen MR) is 77.5 cm³/mol. The smallest absolute Gasteiger partial charge is 0.251 e. The number of benzene rings is 1. The van der Waals surface area contributed by atoms with Crippen molar-refractivity contribution in [3.05, 3.63) is 24.3 Å². The van der Waals surface area contributed by atoms with Crippen molar-refractivity contribution in [1.29, 1.82) is 0 Å². The molecule has 1 spiro atoms. The van der Waals surface area contributed by atoms with Gasteiger partial charge in [0.15, 0.2) is 0 Å². The fraction of sp³-hybridized carbons (Fsp3) is 0.462. The summed E-state index contributed by atoms with van der Waals surface area (Å²) in [6.45, 7) is 0. The Bertz CT molecular complexity index is 662. The zero-order chi connectivity index (χ0) is 13.8. The maximum absolute atomic E-state index is 11.5. The van der Waals surface area contributed by atoms with Gasteiger partial charge in [-0.2, -0.15) is 0 Å². The molecule has 0 N–H and O–H groups in total. The normalized spacial score (nSPS) is 22.8. The Kier molecular flexibility index (Phi) is 2.44. The minimum atomic E-state index is -3.39. The number of hydrogen-bond acceptors (Lipinski definition) is 3. The molecule has 0 radical (unpaired) electrons. The molecular formula is C13H17N3O2S. The quantitative estimate of drug-likeness (QED) is 0.781. The Morgan fingerprint density at radius 2 is 1.74 bits per heavy atom.